The van der Waals surface area contributed by atoms with Crippen molar-refractivity contribution < 1.29 is 14.6 Å². The van der Waals surface area contributed by atoms with Gasteiger partial charge in [0.15, 0.2) is 5.75 Å². The summed E-state index contributed by atoms with van der Waals surface area (Å²) in [7, 11) is 3.12. The summed E-state index contributed by atoms with van der Waals surface area (Å²) < 4.78 is 12.0. The molecule has 0 radical (unpaired) electrons. The molecule has 1 N–H and O–H groups in total. The van der Waals surface area contributed by atoms with Gasteiger partial charge in [-0.1, -0.05) is 6.92 Å². The lowest BCUT2D eigenvalue weighted by Crippen LogP contribution is -2.11. The standard InChI is InChI=1S/C14H19N3O3/c1-4-7-17-13(11(19-2)9-16-17)14(18)10-5-6-12(20-3)15-8-10/h5-6,8-9,14,18H,4,7H2,1-3H3. The average Bonchev–Trinajstić information content (AvgIpc) is 2.90. The van der Waals surface area contributed by atoms with E-state index in [-0.39, 0.29) is 0 Å². The zero-order valence-electron chi connectivity index (χ0n) is 11.9. The molecule has 2 heterocycles. The molecule has 0 aliphatic rings. The number of hydrogen-bond acceptors (Lipinski definition) is 5. The van der Waals surface area contributed by atoms with Crippen LogP contribution in [-0.4, -0.2) is 34.1 Å². The Morgan fingerprint density at radius 2 is 2.05 bits per heavy atom. The minimum Gasteiger partial charge on any atom is -0.493 e. The molecule has 20 heavy (non-hydrogen) atoms. The lowest BCUT2D eigenvalue weighted by Gasteiger charge is -2.15. The van der Waals surface area contributed by atoms with Crippen LogP contribution in [0.25, 0.3) is 0 Å². The molecule has 108 valence electrons. The number of aliphatic hydroxyl groups is 1. The Balaban J connectivity index is 2.35. The van der Waals surface area contributed by atoms with Gasteiger partial charge in [0.25, 0.3) is 0 Å². The molecule has 0 aliphatic carbocycles. The second-order valence-electron chi connectivity index (χ2n) is 4.36. The quantitative estimate of drug-likeness (QED) is 0.871. The van der Waals surface area contributed by atoms with Crippen molar-refractivity contribution in [3.8, 4) is 11.6 Å². The first-order valence-electron chi connectivity index (χ1n) is 6.49. The van der Waals surface area contributed by atoms with E-state index in [0.717, 1.165) is 13.0 Å². The maximum Gasteiger partial charge on any atom is 0.212 e. The lowest BCUT2D eigenvalue weighted by molar-refractivity contribution is 0.201. The Morgan fingerprint density at radius 3 is 2.60 bits per heavy atom. The second kappa shape index (κ2) is 6.38. The molecule has 6 heteroatoms. The van der Waals surface area contributed by atoms with E-state index in [4.69, 9.17) is 9.47 Å². The average molecular weight is 277 g/mol. The van der Waals surface area contributed by atoms with E-state index in [1.54, 1.807) is 43.4 Å². The summed E-state index contributed by atoms with van der Waals surface area (Å²) >= 11 is 0. The molecule has 0 saturated heterocycles. The van der Waals surface area contributed by atoms with Gasteiger partial charge in [-0.2, -0.15) is 5.10 Å². The Bertz CT molecular complexity index is 551. The fourth-order valence-electron chi connectivity index (χ4n) is 2.03. The molecule has 6 nitrogen and oxygen atoms in total. The molecule has 2 rings (SSSR count). The zero-order chi connectivity index (χ0) is 14.5. The predicted octanol–water partition coefficient (Wildman–Crippen LogP) is 1.79. The highest BCUT2D eigenvalue weighted by Gasteiger charge is 2.21. The number of aromatic nitrogens is 3. The van der Waals surface area contributed by atoms with E-state index < -0.39 is 6.10 Å². The first kappa shape index (κ1) is 14.3. The third-order valence-corrected chi connectivity index (χ3v) is 3.04. The predicted molar refractivity (Wildman–Crippen MR) is 73.9 cm³/mol. The van der Waals surface area contributed by atoms with Gasteiger partial charge in [-0.15, -0.1) is 0 Å². The molecular formula is C14H19N3O3. The monoisotopic (exact) mass is 277 g/mol. The third-order valence-electron chi connectivity index (χ3n) is 3.04. The van der Waals surface area contributed by atoms with Crippen LogP contribution in [0.3, 0.4) is 0 Å². The molecule has 1 unspecified atom stereocenters. The number of ether oxygens (including phenoxy) is 2. The van der Waals surface area contributed by atoms with Crippen LogP contribution in [0.5, 0.6) is 11.6 Å². The van der Waals surface area contributed by atoms with Crippen LogP contribution in [0.1, 0.15) is 30.7 Å². The van der Waals surface area contributed by atoms with Crippen LogP contribution in [0.15, 0.2) is 24.5 Å². The van der Waals surface area contributed by atoms with Crippen molar-refractivity contribution in [2.75, 3.05) is 14.2 Å². The van der Waals surface area contributed by atoms with Crippen molar-refractivity contribution in [1.82, 2.24) is 14.8 Å². The topological polar surface area (TPSA) is 69.4 Å². The first-order chi connectivity index (χ1) is 9.71. The molecule has 0 aromatic carbocycles. The van der Waals surface area contributed by atoms with Gasteiger partial charge >= 0.3 is 0 Å². The normalized spacial score (nSPS) is 12.2. The molecule has 2 aromatic heterocycles. The first-order valence-corrected chi connectivity index (χ1v) is 6.49. The van der Waals surface area contributed by atoms with Gasteiger partial charge in [0, 0.05) is 24.4 Å². The smallest absolute Gasteiger partial charge is 0.212 e. The minimum atomic E-state index is -0.836. The van der Waals surface area contributed by atoms with Gasteiger partial charge in [0.05, 0.1) is 20.4 Å². The summed E-state index contributed by atoms with van der Waals surface area (Å²) in [6.07, 6.45) is 3.29. The highest BCUT2D eigenvalue weighted by molar-refractivity contribution is 5.34. The summed E-state index contributed by atoms with van der Waals surface area (Å²) in [5, 5.41) is 14.8. The maximum atomic E-state index is 10.5. The van der Waals surface area contributed by atoms with Gasteiger partial charge in [-0.05, 0) is 12.5 Å². The molecule has 0 bridgehead atoms. The SMILES string of the molecule is CCCn1ncc(OC)c1C(O)c1ccc(OC)nc1. The summed E-state index contributed by atoms with van der Waals surface area (Å²) in [5.41, 5.74) is 1.31. The van der Waals surface area contributed by atoms with Crippen LogP contribution in [0, 0.1) is 0 Å². The molecule has 0 aliphatic heterocycles. The molecule has 1 atom stereocenters. The van der Waals surface area contributed by atoms with E-state index in [1.807, 2.05) is 0 Å². The lowest BCUT2D eigenvalue weighted by atomic mass is 10.1. The van der Waals surface area contributed by atoms with Gasteiger partial charge in [0.1, 0.15) is 11.8 Å². The minimum absolute atomic E-state index is 0.509. The highest BCUT2D eigenvalue weighted by Crippen LogP contribution is 2.30. The van der Waals surface area contributed by atoms with Crippen LogP contribution >= 0.6 is 0 Å². The van der Waals surface area contributed by atoms with Crippen LogP contribution in [-0.2, 0) is 6.54 Å². The molecule has 0 amide bonds. The number of nitrogens with zero attached hydrogens (tertiary/aromatic N) is 3. The van der Waals surface area contributed by atoms with Crippen molar-refractivity contribution in [3.63, 3.8) is 0 Å². The fraction of sp³-hybridized carbons (Fsp3) is 0.429. The van der Waals surface area contributed by atoms with Gasteiger partial charge in [0.2, 0.25) is 5.88 Å². The maximum absolute atomic E-state index is 10.5. The van der Waals surface area contributed by atoms with Crippen LogP contribution in [0.4, 0.5) is 0 Å². The van der Waals surface area contributed by atoms with E-state index in [2.05, 4.69) is 17.0 Å². The Hall–Kier alpha value is -2.08. The van der Waals surface area contributed by atoms with E-state index in [1.165, 1.54) is 0 Å². The van der Waals surface area contributed by atoms with Crippen molar-refractivity contribution >= 4 is 0 Å². The Labute approximate surface area is 118 Å². The largest absolute Gasteiger partial charge is 0.493 e. The van der Waals surface area contributed by atoms with Gasteiger partial charge in [-0.25, -0.2) is 4.98 Å². The number of hydrogen-bond donors (Lipinski definition) is 1. The van der Waals surface area contributed by atoms with Crippen LogP contribution < -0.4 is 9.47 Å². The highest BCUT2D eigenvalue weighted by atomic mass is 16.5. The summed E-state index contributed by atoms with van der Waals surface area (Å²) in [6, 6.07) is 3.49. The van der Waals surface area contributed by atoms with Gasteiger partial charge in [-0.3, -0.25) is 4.68 Å². The number of aliphatic hydroxyl groups excluding tert-OH is 1. The number of methoxy groups -OCH3 is 2. The van der Waals surface area contributed by atoms with E-state index >= 15 is 0 Å². The molecule has 0 fully saturated rings. The zero-order valence-corrected chi connectivity index (χ0v) is 11.9. The van der Waals surface area contributed by atoms with Crippen molar-refractivity contribution in [2.24, 2.45) is 0 Å². The third kappa shape index (κ3) is 2.75. The Morgan fingerprint density at radius 1 is 1.25 bits per heavy atom. The molecule has 0 saturated carbocycles. The van der Waals surface area contributed by atoms with Crippen LogP contribution in [0.2, 0.25) is 0 Å². The number of pyridine rings is 1. The Kier molecular flexibility index (Phi) is 4.57. The number of aryl methyl sites for hydroxylation is 1. The number of rotatable bonds is 6. The summed E-state index contributed by atoms with van der Waals surface area (Å²) in [6.45, 7) is 2.78. The van der Waals surface area contributed by atoms with E-state index in [0.29, 0.717) is 22.9 Å². The summed E-state index contributed by atoms with van der Waals surface area (Å²) in [4.78, 5) is 4.11. The molecule has 0 spiro atoms. The van der Waals surface area contributed by atoms with Crippen molar-refractivity contribution in [3.05, 3.63) is 35.8 Å². The van der Waals surface area contributed by atoms with E-state index in [9.17, 15) is 5.11 Å². The fourth-order valence-corrected chi connectivity index (χ4v) is 2.03. The summed E-state index contributed by atoms with van der Waals surface area (Å²) in [5.74, 6) is 1.08. The van der Waals surface area contributed by atoms with Crippen molar-refractivity contribution in [2.45, 2.75) is 26.0 Å². The molecular weight excluding hydrogens is 258 g/mol. The van der Waals surface area contributed by atoms with Crippen molar-refractivity contribution in [1.29, 1.82) is 0 Å². The van der Waals surface area contributed by atoms with Gasteiger partial charge < -0.3 is 14.6 Å². The second-order valence-corrected chi connectivity index (χ2v) is 4.36. The molecule has 2 aromatic rings.